The number of hydroxylamine groups is 1. The topological polar surface area (TPSA) is 85.2 Å². The molecule has 0 radical (unpaired) electrons. The van der Waals surface area contributed by atoms with E-state index in [9.17, 15) is 15.1 Å². The van der Waals surface area contributed by atoms with Crippen LogP contribution in [0.15, 0.2) is 89.9 Å². The minimum absolute atomic E-state index is 0.125. The molecule has 0 saturated heterocycles. The molecule has 4 aromatic carbocycles. The molecule has 1 amide bonds. The minimum Gasteiger partial charge on any atom is -0.508 e. The highest BCUT2D eigenvalue weighted by Crippen LogP contribution is 2.36. The molecule has 2 heterocycles. The number of fused-ring (bicyclic) bond motifs is 2. The highest BCUT2D eigenvalue weighted by molar-refractivity contribution is 6.32. The van der Waals surface area contributed by atoms with Crippen LogP contribution in [-0.2, 0) is 17.6 Å². The molecule has 7 heteroatoms. The number of aliphatic imine (C=N–C) groups is 1. The summed E-state index contributed by atoms with van der Waals surface area (Å²) in [6.07, 6.45) is 1.23. The molecule has 0 bridgehead atoms. The van der Waals surface area contributed by atoms with Gasteiger partial charge in [-0.2, -0.15) is 5.06 Å². The van der Waals surface area contributed by atoms with Crippen molar-refractivity contribution in [1.82, 2.24) is 0 Å². The molecule has 6 nitrogen and oxygen atoms in total. The number of benzene rings is 4. The molecule has 0 aliphatic carbocycles. The van der Waals surface area contributed by atoms with Gasteiger partial charge in [0.2, 0.25) is 0 Å². The summed E-state index contributed by atoms with van der Waals surface area (Å²) in [5.74, 6) is -0.397. The predicted molar refractivity (Wildman–Crippen MR) is 146 cm³/mol. The number of halogens is 1. The maximum absolute atomic E-state index is 13.5. The summed E-state index contributed by atoms with van der Waals surface area (Å²) in [5, 5.41) is 25.4. The fourth-order valence-corrected chi connectivity index (χ4v) is 5.34. The Morgan fingerprint density at radius 2 is 1.73 bits per heavy atom. The first-order valence-electron chi connectivity index (χ1n) is 12.1. The number of carbonyl (C=O) groups is 1. The highest BCUT2D eigenvalue weighted by atomic mass is 35.5. The molecule has 0 spiro atoms. The number of phenols is 1. The van der Waals surface area contributed by atoms with E-state index in [2.05, 4.69) is 23.5 Å². The van der Waals surface area contributed by atoms with Crippen LogP contribution in [0.25, 0.3) is 11.1 Å². The molecular formula is C30H24ClN3O3. The van der Waals surface area contributed by atoms with E-state index in [1.807, 2.05) is 24.3 Å². The lowest BCUT2D eigenvalue weighted by atomic mass is 9.91. The highest BCUT2D eigenvalue weighted by Gasteiger charge is 2.32. The van der Waals surface area contributed by atoms with Gasteiger partial charge in [-0.3, -0.25) is 15.0 Å². The average Bonchev–Trinajstić information content (AvgIpc) is 3.37. The zero-order valence-electron chi connectivity index (χ0n) is 19.9. The summed E-state index contributed by atoms with van der Waals surface area (Å²) in [4.78, 5) is 18.5. The van der Waals surface area contributed by atoms with Gasteiger partial charge < -0.3 is 10.4 Å². The third kappa shape index (κ3) is 4.24. The zero-order valence-corrected chi connectivity index (χ0v) is 20.6. The van der Waals surface area contributed by atoms with Gasteiger partial charge in [0.05, 0.1) is 11.4 Å². The largest absolute Gasteiger partial charge is 0.508 e. The van der Waals surface area contributed by atoms with Gasteiger partial charge in [-0.05, 0) is 77.2 Å². The summed E-state index contributed by atoms with van der Waals surface area (Å²) in [7, 11) is 0. The van der Waals surface area contributed by atoms with Crippen molar-refractivity contribution < 1.29 is 15.1 Å². The minimum atomic E-state index is -0.879. The summed E-state index contributed by atoms with van der Waals surface area (Å²) in [6, 6.07) is 24.9. The van der Waals surface area contributed by atoms with Crippen LogP contribution < -0.4 is 10.4 Å². The van der Waals surface area contributed by atoms with E-state index in [0.29, 0.717) is 39.0 Å². The van der Waals surface area contributed by atoms with Gasteiger partial charge in [0, 0.05) is 34.8 Å². The van der Waals surface area contributed by atoms with Crippen LogP contribution in [-0.4, -0.2) is 34.5 Å². The van der Waals surface area contributed by atoms with Crippen molar-refractivity contribution in [3.8, 4) is 16.9 Å². The number of benzodiazepines with no additional fused rings is 1. The number of aromatic hydroxyl groups is 1. The molecule has 37 heavy (non-hydrogen) atoms. The molecular weight excluding hydrogens is 486 g/mol. The van der Waals surface area contributed by atoms with E-state index < -0.39 is 11.9 Å². The Bertz CT molecular complexity index is 1550. The van der Waals surface area contributed by atoms with Crippen LogP contribution in [0.4, 0.5) is 11.4 Å². The van der Waals surface area contributed by atoms with Crippen LogP contribution in [0.3, 0.4) is 0 Å². The Kier molecular flexibility index (Phi) is 5.91. The molecule has 184 valence electrons. The van der Waals surface area contributed by atoms with E-state index in [0.717, 1.165) is 35.3 Å². The lowest BCUT2D eigenvalue weighted by Crippen LogP contribution is -2.36. The predicted octanol–water partition coefficient (Wildman–Crippen LogP) is 5.87. The van der Waals surface area contributed by atoms with Gasteiger partial charge in [-0.15, -0.1) is 0 Å². The molecule has 0 saturated carbocycles. The molecule has 2 aliphatic heterocycles. The molecule has 0 aromatic heterocycles. The Morgan fingerprint density at radius 3 is 2.57 bits per heavy atom. The summed E-state index contributed by atoms with van der Waals surface area (Å²) in [6.45, 7) is 0.899. The lowest BCUT2D eigenvalue weighted by molar-refractivity contribution is -0.124. The third-order valence-electron chi connectivity index (χ3n) is 6.95. The van der Waals surface area contributed by atoms with Crippen LogP contribution in [0.5, 0.6) is 5.75 Å². The second kappa shape index (κ2) is 9.39. The van der Waals surface area contributed by atoms with Crippen molar-refractivity contribution in [2.24, 2.45) is 4.99 Å². The Hall–Kier alpha value is -4.13. The van der Waals surface area contributed by atoms with Gasteiger partial charge >= 0.3 is 0 Å². The number of phenolic OH excluding ortho intramolecular Hbond substituents is 1. The Labute approximate surface area is 219 Å². The standard InChI is InChI=1S/C30H24ClN3O3/c31-20-10-13-28-25(17-20)29(18-8-11-21(35)12-9-18)33-27(30(36)34(28)37)16-19-4-1-2-5-22(19)23-6-3-7-26-24(23)14-15-32-26/h1-13,17,27,32,35,37H,14-16H2. The van der Waals surface area contributed by atoms with Crippen molar-refractivity contribution in [2.75, 3.05) is 16.9 Å². The Morgan fingerprint density at radius 1 is 0.946 bits per heavy atom. The first kappa shape index (κ1) is 23.3. The van der Waals surface area contributed by atoms with Gasteiger partial charge in [0.15, 0.2) is 0 Å². The maximum atomic E-state index is 13.5. The first-order valence-corrected chi connectivity index (χ1v) is 12.5. The normalized spacial score (nSPS) is 16.5. The molecule has 4 aromatic rings. The van der Waals surface area contributed by atoms with Crippen LogP contribution in [0.1, 0.15) is 22.3 Å². The number of anilines is 2. The van der Waals surface area contributed by atoms with E-state index in [4.69, 9.17) is 16.6 Å². The fraction of sp³-hybridized carbons (Fsp3) is 0.133. The molecule has 0 fully saturated rings. The smallest absolute Gasteiger partial charge is 0.275 e. The van der Waals surface area contributed by atoms with Gasteiger partial charge in [-0.25, -0.2) is 0 Å². The summed E-state index contributed by atoms with van der Waals surface area (Å²) in [5.41, 5.74) is 7.63. The maximum Gasteiger partial charge on any atom is 0.275 e. The van der Waals surface area contributed by atoms with Crippen molar-refractivity contribution in [2.45, 2.75) is 18.9 Å². The number of hydrogen-bond acceptors (Lipinski definition) is 5. The van der Waals surface area contributed by atoms with Crippen molar-refractivity contribution in [1.29, 1.82) is 0 Å². The van der Waals surface area contributed by atoms with E-state index >= 15 is 0 Å². The number of hydrogen-bond donors (Lipinski definition) is 3. The third-order valence-corrected chi connectivity index (χ3v) is 7.18. The van der Waals surface area contributed by atoms with Crippen molar-refractivity contribution in [3.63, 3.8) is 0 Å². The zero-order chi connectivity index (χ0) is 25.5. The number of rotatable bonds is 4. The molecule has 2 aliphatic rings. The number of amides is 1. The van der Waals surface area contributed by atoms with Gasteiger partial charge in [0.25, 0.3) is 5.91 Å². The summed E-state index contributed by atoms with van der Waals surface area (Å²) >= 11 is 6.31. The molecule has 1 unspecified atom stereocenters. The van der Waals surface area contributed by atoms with Gasteiger partial charge in [0.1, 0.15) is 11.8 Å². The van der Waals surface area contributed by atoms with Crippen LogP contribution in [0.2, 0.25) is 5.02 Å². The van der Waals surface area contributed by atoms with E-state index in [1.165, 1.54) is 5.56 Å². The first-order chi connectivity index (χ1) is 18.0. The van der Waals surface area contributed by atoms with Crippen molar-refractivity contribution >= 4 is 34.6 Å². The monoisotopic (exact) mass is 509 g/mol. The van der Waals surface area contributed by atoms with E-state index in [-0.39, 0.29) is 5.75 Å². The molecule has 1 atom stereocenters. The van der Waals surface area contributed by atoms with E-state index in [1.54, 1.807) is 42.5 Å². The fourth-order valence-electron chi connectivity index (χ4n) is 5.17. The van der Waals surface area contributed by atoms with Crippen LogP contribution >= 0.6 is 11.6 Å². The number of carbonyl (C=O) groups excluding carboxylic acids is 1. The lowest BCUT2D eigenvalue weighted by Gasteiger charge is -2.20. The second-order valence-electron chi connectivity index (χ2n) is 9.22. The average molecular weight is 510 g/mol. The second-order valence-corrected chi connectivity index (χ2v) is 9.66. The van der Waals surface area contributed by atoms with Gasteiger partial charge in [-0.1, -0.05) is 48.0 Å². The quantitative estimate of drug-likeness (QED) is 0.301. The van der Waals surface area contributed by atoms with Crippen LogP contribution in [0, 0.1) is 0 Å². The molecule has 6 rings (SSSR count). The van der Waals surface area contributed by atoms with Crippen molar-refractivity contribution in [3.05, 3.63) is 112 Å². The summed E-state index contributed by atoms with van der Waals surface area (Å²) < 4.78 is 0. The molecule has 3 N–H and O–H groups in total. The number of nitrogens with zero attached hydrogens (tertiary/aromatic N) is 2. The number of nitrogens with one attached hydrogen (secondary N) is 1. The SMILES string of the molecule is O=C1C(Cc2ccccc2-c2cccc3c2CCN3)N=C(c2ccc(O)cc2)c2cc(Cl)ccc2N1O. The Balaban J connectivity index is 1.47.